The number of pyridine rings is 1. The largest absolute Gasteiger partial charge is 0.507 e. The molecule has 0 radical (unpaired) electrons. The van der Waals surface area contributed by atoms with Gasteiger partial charge in [0.05, 0.1) is 5.52 Å². The summed E-state index contributed by atoms with van der Waals surface area (Å²) < 4.78 is 0. The van der Waals surface area contributed by atoms with Crippen molar-refractivity contribution in [2.24, 2.45) is 0 Å². The average Bonchev–Trinajstić information content (AvgIpc) is 2.41. The van der Waals surface area contributed by atoms with Crippen molar-refractivity contribution >= 4 is 10.9 Å². The number of hydrogen-bond donors (Lipinski definition) is 2. The summed E-state index contributed by atoms with van der Waals surface area (Å²) >= 11 is 0. The smallest absolute Gasteiger partial charge is 0.251 e. The Kier molecular flexibility index (Phi) is 3.71. The van der Waals surface area contributed by atoms with Crippen LogP contribution in [0.5, 0.6) is 5.75 Å². The van der Waals surface area contributed by atoms with E-state index in [9.17, 15) is 9.90 Å². The number of hydrogen-bond acceptors (Lipinski definition) is 2. The molecule has 3 nitrogen and oxygen atoms in total. The average molecular weight is 271 g/mol. The molecular weight excluding hydrogens is 250 g/mol. The topological polar surface area (TPSA) is 53.1 Å². The molecule has 1 unspecified atom stereocenters. The molecule has 2 N–H and O–H groups in total. The SMILES string of the molecule is C=C(C)C(C)c1cc(C)c2[nH]c(=O)c(CC)cc2c1O. The first-order valence-corrected chi connectivity index (χ1v) is 6.90. The number of allylic oxidation sites excluding steroid dienone is 1. The maximum Gasteiger partial charge on any atom is 0.251 e. The number of phenols is 1. The lowest BCUT2D eigenvalue weighted by atomic mass is 9.90. The Morgan fingerprint density at radius 2 is 2.10 bits per heavy atom. The molecule has 0 spiro atoms. The van der Waals surface area contributed by atoms with Gasteiger partial charge in [0.2, 0.25) is 0 Å². The van der Waals surface area contributed by atoms with Crippen LogP contribution in [-0.2, 0) is 6.42 Å². The Morgan fingerprint density at radius 1 is 1.45 bits per heavy atom. The Hall–Kier alpha value is -2.03. The number of aromatic nitrogens is 1. The molecule has 0 bridgehead atoms. The quantitative estimate of drug-likeness (QED) is 0.835. The minimum atomic E-state index is -0.0804. The Balaban J connectivity index is 2.84. The summed E-state index contributed by atoms with van der Waals surface area (Å²) in [5, 5.41) is 11.3. The molecule has 0 fully saturated rings. The highest BCUT2D eigenvalue weighted by molar-refractivity contribution is 5.89. The third-order valence-electron chi connectivity index (χ3n) is 4.00. The maximum absolute atomic E-state index is 11.9. The summed E-state index contributed by atoms with van der Waals surface area (Å²) in [5.74, 6) is 0.321. The summed E-state index contributed by atoms with van der Waals surface area (Å²) in [6, 6.07) is 3.73. The molecule has 106 valence electrons. The van der Waals surface area contributed by atoms with E-state index >= 15 is 0 Å². The predicted molar refractivity (Wildman–Crippen MR) is 83.6 cm³/mol. The van der Waals surface area contributed by atoms with Gasteiger partial charge in [0.25, 0.3) is 5.56 Å². The van der Waals surface area contributed by atoms with Gasteiger partial charge >= 0.3 is 0 Å². The van der Waals surface area contributed by atoms with Gasteiger partial charge in [-0.25, -0.2) is 0 Å². The standard InChI is InChI=1S/C17H21NO2/c1-6-12-8-14-15(18-17(12)20)10(4)7-13(16(14)19)11(5)9(2)3/h7-8,11,19H,2,6H2,1,3-5H3,(H,18,20). The van der Waals surface area contributed by atoms with Crippen molar-refractivity contribution < 1.29 is 5.11 Å². The Bertz CT molecular complexity index is 741. The summed E-state index contributed by atoms with van der Waals surface area (Å²) in [7, 11) is 0. The molecule has 3 heteroatoms. The number of aryl methyl sites for hydroxylation is 2. The molecule has 1 atom stereocenters. The molecule has 0 amide bonds. The predicted octanol–water partition coefficient (Wildman–Crippen LogP) is 3.78. The first-order valence-electron chi connectivity index (χ1n) is 6.90. The molecule has 0 saturated heterocycles. The molecule has 2 rings (SSSR count). The van der Waals surface area contributed by atoms with Gasteiger partial charge in [0.15, 0.2) is 0 Å². The van der Waals surface area contributed by atoms with Gasteiger partial charge in [-0.1, -0.05) is 26.0 Å². The highest BCUT2D eigenvalue weighted by Crippen LogP contribution is 2.36. The minimum absolute atomic E-state index is 0.0788. The lowest BCUT2D eigenvalue weighted by Gasteiger charge is -2.17. The first-order chi connectivity index (χ1) is 9.36. The van der Waals surface area contributed by atoms with Crippen LogP contribution in [-0.4, -0.2) is 10.1 Å². The number of nitrogens with one attached hydrogen (secondary N) is 1. The normalized spacial score (nSPS) is 12.6. The molecule has 1 heterocycles. The summed E-state index contributed by atoms with van der Waals surface area (Å²) in [4.78, 5) is 14.8. The van der Waals surface area contributed by atoms with Crippen molar-refractivity contribution in [2.45, 2.75) is 40.0 Å². The van der Waals surface area contributed by atoms with Crippen LogP contribution in [0.1, 0.15) is 43.4 Å². The van der Waals surface area contributed by atoms with E-state index in [2.05, 4.69) is 11.6 Å². The molecule has 1 aromatic heterocycles. The first kappa shape index (κ1) is 14.4. The monoisotopic (exact) mass is 271 g/mol. The molecule has 20 heavy (non-hydrogen) atoms. The summed E-state index contributed by atoms with van der Waals surface area (Å²) in [6.45, 7) is 11.8. The van der Waals surface area contributed by atoms with Gasteiger partial charge in [-0.05, 0) is 38.0 Å². The number of phenolic OH excluding ortho intramolecular Hbond substituents is 1. The second kappa shape index (κ2) is 5.16. The summed E-state index contributed by atoms with van der Waals surface area (Å²) in [6.07, 6.45) is 0.643. The van der Waals surface area contributed by atoms with Crippen LogP contribution in [0.25, 0.3) is 10.9 Å². The van der Waals surface area contributed by atoms with Crippen LogP contribution in [0, 0.1) is 6.92 Å². The van der Waals surface area contributed by atoms with Gasteiger partial charge in [0, 0.05) is 22.4 Å². The number of H-pyrrole nitrogens is 1. The third kappa shape index (κ3) is 2.24. The van der Waals surface area contributed by atoms with Gasteiger partial charge in [0.1, 0.15) is 5.75 Å². The highest BCUT2D eigenvalue weighted by Gasteiger charge is 2.16. The lowest BCUT2D eigenvalue weighted by molar-refractivity contribution is 0.472. The van der Waals surface area contributed by atoms with Gasteiger partial charge < -0.3 is 10.1 Å². The van der Waals surface area contributed by atoms with Crippen LogP contribution in [0.4, 0.5) is 0 Å². The molecule has 0 aliphatic rings. The van der Waals surface area contributed by atoms with Gasteiger partial charge in [-0.3, -0.25) is 4.79 Å². The van der Waals surface area contributed by atoms with Crippen molar-refractivity contribution in [3.8, 4) is 5.75 Å². The fourth-order valence-electron chi connectivity index (χ4n) is 2.46. The molecule has 0 saturated carbocycles. The van der Waals surface area contributed by atoms with Crippen molar-refractivity contribution in [3.05, 3.63) is 51.3 Å². The van der Waals surface area contributed by atoms with Crippen LogP contribution in [0.2, 0.25) is 0 Å². The van der Waals surface area contributed by atoms with Crippen molar-refractivity contribution in [3.63, 3.8) is 0 Å². The van der Waals surface area contributed by atoms with E-state index in [1.165, 1.54) is 0 Å². The second-order valence-corrected chi connectivity index (χ2v) is 5.47. The fourth-order valence-corrected chi connectivity index (χ4v) is 2.46. The van der Waals surface area contributed by atoms with Crippen LogP contribution >= 0.6 is 0 Å². The molecular formula is C17H21NO2. The molecule has 0 aliphatic carbocycles. The van der Waals surface area contributed by atoms with Gasteiger partial charge in [-0.2, -0.15) is 0 Å². The highest BCUT2D eigenvalue weighted by atomic mass is 16.3. The van der Waals surface area contributed by atoms with Crippen LogP contribution in [0.15, 0.2) is 29.1 Å². The van der Waals surface area contributed by atoms with E-state index in [0.29, 0.717) is 22.9 Å². The van der Waals surface area contributed by atoms with Crippen molar-refractivity contribution in [2.75, 3.05) is 0 Å². The van der Waals surface area contributed by atoms with Crippen molar-refractivity contribution in [1.82, 2.24) is 4.98 Å². The molecule has 2 aromatic rings. The van der Waals surface area contributed by atoms with Crippen LogP contribution < -0.4 is 5.56 Å². The lowest BCUT2D eigenvalue weighted by Crippen LogP contribution is -2.12. The number of benzene rings is 1. The maximum atomic E-state index is 11.9. The summed E-state index contributed by atoms with van der Waals surface area (Å²) in [5.41, 5.74) is 4.13. The fraction of sp³-hybridized carbons (Fsp3) is 0.353. The molecule has 0 aliphatic heterocycles. The van der Waals surface area contributed by atoms with E-state index in [4.69, 9.17) is 0 Å². The Labute approximate surface area is 119 Å². The number of aromatic amines is 1. The minimum Gasteiger partial charge on any atom is -0.507 e. The van der Waals surface area contributed by atoms with E-state index in [1.54, 1.807) is 6.07 Å². The van der Waals surface area contributed by atoms with E-state index in [1.807, 2.05) is 33.8 Å². The zero-order valence-corrected chi connectivity index (χ0v) is 12.5. The molecule has 1 aromatic carbocycles. The van der Waals surface area contributed by atoms with Gasteiger partial charge in [-0.15, -0.1) is 0 Å². The van der Waals surface area contributed by atoms with E-state index in [-0.39, 0.29) is 17.2 Å². The zero-order valence-electron chi connectivity index (χ0n) is 12.5. The number of aromatic hydroxyl groups is 1. The van der Waals surface area contributed by atoms with E-state index < -0.39 is 0 Å². The van der Waals surface area contributed by atoms with Crippen LogP contribution in [0.3, 0.4) is 0 Å². The van der Waals surface area contributed by atoms with Crippen molar-refractivity contribution in [1.29, 1.82) is 0 Å². The second-order valence-electron chi connectivity index (χ2n) is 5.47. The number of rotatable bonds is 3. The third-order valence-corrected chi connectivity index (χ3v) is 4.00. The Morgan fingerprint density at radius 3 is 2.65 bits per heavy atom. The van der Waals surface area contributed by atoms with E-state index in [0.717, 1.165) is 16.7 Å². The zero-order chi connectivity index (χ0) is 15.0. The number of fused-ring (bicyclic) bond motifs is 1.